The Balaban J connectivity index is 1.35. The zero-order valence-corrected chi connectivity index (χ0v) is 22.3. The number of carbonyl (C=O) groups excluding carboxylic acids is 1. The monoisotopic (exact) mass is 556 g/mol. The van der Waals surface area contributed by atoms with Crippen LogP contribution in [-0.2, 0) is 0 Å². The molecule has 0 N–H and O–H groups in total. The van der Waals surface area contributed by atoms with Gasteiger partial charge < -0.3 is 9.64 Å². The Morgan fingerprint density at radius 1 is 1.00 bits per heavy atom. The molecule has 0 radical (unpaired) electrons. The topological polar surface area (TPSA) is 60.2 Å². The zero-order valence-electron chi connectivity index (χ0n) is 22.3. The standard InChI is InChI=1S/C32H27F3N4O2/c1-21(22-6-3-2-4-7-22)30-37-28-18-23(31(40)38-17-15-25(20-38)24-8-5-16-36-19-24)9-14-29(28)39(30)26-10-12-27(13-11-26)41-32(33,34)35/h2-14,16,18-19,21,25H,15,17,20H2,1H3. The molecule has 1 fully saturated rings. The number of carbonyl (C=O) groups is 1. The number of amides is 1. The summed E-state index contributed by atoms with van der Waals surface area (Å²) in [6.07, 6.45) is -0.296. The van der Waals surface area contributed by atoms with Crippen LogP contribution in [0.3, 0.4) is 0 Å². The number of imidazole rings is 1. The Bertz CT molecular complexity index is 1670. The summed E-state index contributed by atoms with van der Waals surface area (Å²) in [6.45, 7) is 3.32. The first-order valence-electron chi connectivity index (χ1n) is 13.4. The number of alkyl halides is 3. The van der Waals surface area contributed by atoms with Crippen molar-refractivity contribution in [1.29, 1.82) is 0 Å². The summed E-state index contributed by atoms with van der Waals surface area (Å²) >= 11 is 0. The van der Waals surface area contributed by atoms with Gasteiger partial charge in [-0.15, -0.1) is 13.2 Å². The third-order valence-corrected chi connectivity index (χ3v) is 7.57. The second-order valence-electron chi connectivity index (χ2n) is 10.2. The maximum Gasteiger partial charge on any atom is 0.573 e. The number of hydrogen-bond acceptors (Lipinski definition) is 4. The predicted molar refractivity (Wildman–Crippen MR) is 149 cm³/mol. The molecule has 9 heteroatoms. The van der Waals surface area contributed by atoms with Crippen molar-refractivity contribution in [2.75, 3.05) is 13.1 Å². The average molecular weight is 557 g/mol. The van der Waals surface area contributed by atoms with Gasteiger partial charge in [0.1, 0.15) is 11.6 Å². The summed E-state index contributed by atoms with van der Waals surface area (Å²) in [7, 11) is 0. The molecule has 1 saturated heterocycles. The molecule has 2 unspecified atom stereocenters. The highest BCUT2D eigenvalue weighted by atomic mass is 19.4. The molecule has 5 aromatic rings. The highest BCUT2D eigenvalue weighted by Gasteiger charge is 2.31. The van der Waals surface area contributed by atoms with E-state index < -0.39 is 6.36 Å². The number of aromatic nitrogens is 3. The molecular formula is C32H27F3N4O2. The van der Waals surface area contributed by atoms with Crippen LogP contribution in [0.4, 0.5) is 13.2 Å². The zero-order chi connectivity index (χ0) is 28.6. The number of rotatable bonds is 6. The first-order valence-corrected chi connectivity index (χ1v) is 13.4. The third-order valence-electron chi connectivity index (χ3n) is 7.57. The Morgan fingerprint density at radius 3 is 2.49 bits per heavy atom. The summed E-state index contributed by atoms with van der Waals surface area (Å²) in [4.78, 5) is 24.5. The van der Waals surface area contributed by atoms with Crippen molar-refractivity contribution < 1.29 is 22.7 Å². The van der Waals surface area contributed by atoms with Crippen molar-refractivity contribution in [1.82, 2.24) is 19.4 Å². The lowest BCUT2D eigenvalue weighted by Crippen LogP contribution is -2.28. The van der Waals surface area contributed by atoms with E-state index in [4.69, 9.17) is 4.98 Å². The SMILES string of the molecule is CC(c1ccccc1)c1nc2cc(C(=O)N3CCC(c4cccnc4)C3)ccc2n1-c1ccc(OC(F)(F)F)cc1. The Kier molecular flexibility index (Phi) is 6.95. The summed E-state index contributed by atoms with van der Waals surface area (Å²) in [5, 5.41) is 0. The number of pyridine rings is 1. The summed E-state index contributed by atoms with van der Waals surface area (Å²) in [5.41, 5.74) is 4.73. The maximum atomic E-state index is 13.5. The van der Waals surface area contributed by atoms with Gasteiger partial charge in [0.2, 0.25) is 0 Å². The fourth-order valence-electron chi connectivity index (χ4n) is 5.50. The molecule has 2 aromatic heterocycles. The van der Waals surface area contributed by atoms with Crippen LogP contribution in [-0.4, -0.2) is 44.8 Å². The van der Waals surface area contributed by atoms with E-state index in [9.17, 15) is 18.0 Å². The first kappa shape index (κ1) is 26.6. The van der Waals surface area contributed by atoms with Gasteiger partial charge in [-0.25, -0.2) is 4.98 Å². The molecule has 0 spiro atoms. The lowest BCUT2D eigenvalue weighted by atomic mass is 10.0. The molecular weight excluding hydrogens is 529 g/mol. The maximum absolute atomic E-state index is 13.5. The largest absolute Gasteiger partial charge is 0.573 e. The van der Waals surface area contributed by atoms with Crippen LogP contribution >= 0.6 is 0 Å². The molecule has 6 nitrogen and oxygen atoms in total. The molecule has 1 amide bonds. The number of fused-ring (bicyclic) bond motifs is 1. The molecule has 208 valence electrons. The average Bonchev–Trinajstić information content (AvgIpc) is 3.62. The van der Waals surface area contributed by atoms with E-state index in [0.717, 1.165) is 23.1 Å². The lowest BCUT2D eigenvalue weighted by molar-refractivity contribution is -0.274. The highest BCUT2D eigenvalue weighted by molar-refractivity contribution is 5.98. The van der Waals surface area contributed by atoms with Crippen LogP contribution in [0.5, 0.6) is 5.75 Å². The van der Waals surface area contributed by atoms with Gasteiger partial charge in [-0.1, -0.05) is 43.3 Å². The quantitative estimate of drug-likeness (QED) is 0.224. The van der Waals surface area contributed by atoms with Crippen LogP contribution in [0.25, 0.3) is 16.7 Å². The van der Waals surface area contributed by atoms with E-state index in [0.29, 0.717) is 35.7 Å². The second-order valence-corrected chi connectivity index (χ2v) is 10.2. The molecule has 1 aliphatic rings. The summed E-state index contributed by atoms with van der Waals surface area (Å²) < 4.78 is 44.2. The number of hydrogen-bond donors (Lipinski definition) is 0. The fourth-order valence-corrected chi connectivity index (χ4v) is 5.50. The van der Waals surface area contributed by atoms with Crippen LogP contribution in [0.2, 0.25) is 0 Å². The smallest absolute Gasteiger partial charge is 0.406 e. The van der Waals surface area contributed by atoms with Gasteiger partial charge in [-0.05, 0) is 66.1 Å². The highest BCUT2D eigenvalue weighted by Crippen LogP contribution is 2.33. The Labute approximate surface area is 235 Å². The first-order chi connectivity index (χ1) is 19.8. The summed E-state index contributed by atoms with van der Waals surface area (Å²) in [6, 6.07) is 25.0. The van der Waals surface area contributed by atoms with Gasteiger partial charge in [0, 0.05) is 48.6 Å². The predicted octanol–water partition coefficient (Wildman–Crippen LogP) is 7.10. The third kappa shape index (κ3) is 5.52. The number of benzene rings is 3. The lowest BCUT2D eigenvalue weighted by Gasteiger charge is -2.17. The number of nitrogens with zero attached hydrogens (tertiary/aromatic N) is 4. The van der Waals surface area contributed by atoms with Gasteiger partial charge in [-0.2, -0.15) is 0 Å². The molecule has 3 aromatic carbocycles. The molecule has 6 rings (SSSR count). The van der Waals surface area contributed by atoms with Gasteiger partial charge in [-0.3, -0.25) is 14.3 Å². The van der Waals surface area contributed by atoms with E-state index in [-0.39, 0.29) is 23.5 Å². The molecule has 1 aliphatic heterocycles. The Hall–Kier alpha value is -4.66. The van der Waals surface area contributed by atoms with Gasteiger partial charge in [0.25, 0.3) is 5.91 Å². The molecule has 0 aliphatic carbocycles. The molecule has 0 bridgehead atoms. The van der Waals surface area contributed by atoms with Gasteiger partial charge >= 0.3 is 6.36 Å². The van der Waals surface area contributed by atoms with Crippen molar-refractivity contribution in [2.24, 2.45) is 0 Å². The number of halogens is 3. The van der Waals surface area contributed by atoms with E-state index in [2.05, 4.69) is 9.72 Å². The van der Waals surface area contributed by atoms with Crippen LogP contribution in [0.1, 0.15) is 52.5 Å². The minimum atomic E-state index is -4.77. The van der Waals surface area contributed by atoms with Crippen molar-refractivity contribution in [2.45, 2.75) is 31.5 Å². The molecule has 41 heavy (non-hydrogen) atoms. The molecule has 2 atom stereocenters. The number of ether oxygens (including phenoxy) is 1. The molecule has 3 heterocycles. The van der Waals surface area contributed by atoms with E-state index >= 15 is 0 Å². The van der Waals surface area contributed by atoms with Crippen molar-refractivity contribution in [3.8, 4) is 11.4 Å². The van der Waals surface area contributed by atoms with E-state index in [1.165, 1.54) is 12.1 Å². The molecule has 0 saturated carbocycles. The van der Waals surface area contributed by atoms with Crippen molar-refractivity contribution in [3.05, 3.63) is 120 Å². The van der Waals surface area contributed by atoms with Crippen LogP contribution < -0.4 is 4.74 Å². The van der Waals surface area contributed by atoms with Crippen LogP contribution in [0, 0.1) is 0 Å². The van der Waals surface area contributed by atoms with Crippen molar-refractivity contribution >= 4 is 16.9 Å². The second kappa shape index (κ2) is 10.7. The van der Waals surface area contributed by atoms with E-state index in [1.807, 2.05) is 71.1 Å². The minimum absolute atomic E-state index is 0.0563. The van der Waals surface area contributed by atoms with E-state index in [1.54, 1.807) is 30.5 Å². The Morgan fingerprint density at radius 2 is 1.78 bits per heavy atom. The summed E-state index contributed by atoms with van der Waals surface area (Å²) in [5.74, 6) is 0.467. The normalized spacial score (nSPS) is 16.2. The fraction of sp³-hybridized carbons (Fsp3) is 0.219. The van der Waals surface area contributed by atoms with Crippen LogP contribution in [0.15, 0.2) is 97.3 Å². The number of likely N-dealkylation sites (tertiary alicyclic amines) is 1. The van der Waals surface area contributed by atoms with Gasteiger partial charge in [0.15, 0.2) is 0 Å². The van der Waals surface area contributed by atoms with Gasteiger partial charge in [0.05, 0.1) is 11.0 Å². The minimum Gasteiger partial charge on any atom is -0.406 e. The van der Waals surface area contributed by atoms with Crippen molar-refractivity contribution in [3.63, 3.8) is 0 Å².